The molecule has 0 radical (unpaired) electrons. The molecule has 164 valence electrons. The lowest BCUT2D eigenvalue weighted by molar-refractivity contribution is -0.144. The molecule has 0 bridgehead atoms. The van der Waals surface area contributed by atoms with Crippen molar-refractivity contribution in [3.63, 3.8) is 0 Å². The van der Waals surface area contributed by atoms with Gasteiger partial charge in [0.1, 0.15) is 11.6 Å². The molecule has 2 aromatic carbocycles. The van der Waals surface area contributed by atoms with E-state index in [1.165, 1.54) is 20.1 Å². The van der Waals surface area contributed by atoms with Crippen LogP contribution < -0.4 is 14.8 Å². The van der Waals surface area contributed by atoms with E-state index in [2.05, 4.69) is 10.3 Å². The van der Waals surface area contributed by atoms with Gasteiger partial charge in [0.05, 0.1) is 7.11 Å². The lowest BCUT2D eigenvalue weighted by Crippen LogP contribution is -2.26. The minimum Gasteiger partial charge on any atom is -0.493 e. The van der Waals surface area contributed by atoms with Crippen LogP contribution in [0.25, 0.3) is 17.0 Å². The van der Waals surface area contributed by atoms with E-state index in [9.17, 15) is 14.9 Å². The summed E-state index contributed by atoms with van der Waals surface area (Å²) < 4.78 is 10.8. The van der Waals surface area contributed by atoms with E-state index in [0.29, 0.717) is 24.3 Å². The fraction of sp³-hybridized carbons (Fsp3) is 0.208. The van der Waals surface area contributed by atoms with Crippen molar-refractivity contribution in [3.05, 3.63) is 65.4 Å². The molecular weight excluding hydrogens is 410 g/mol. The zero-order chi connectivity index (χ0) is 23.1. The summed E-state index contributed by atoms with van der Waals surface area (Å²) in [7, 11) is 1.42. The molecular formula is C24H23N3O5. The van der Waals surface area contributed by atoms with Crippen molar-refractivity contribution in [2.24, 2.45) is 0 Å². The third kappa shape index (κ3) is 5.08. The molecule has 1 heterocycles. The topological polar surface area (TPSA) is 124 Å². The lowest BCUT2D eigenvalue weighted by atomic mass is 10.1. The number of hydrogen-bond acceptors (Lipinski definition) is 5. The number of carboxylic acids is 1. The summed E-state index contributed by atoms with van der Waals surface area (Å²) >= 11 is 0. The van der Waals surface area contributed by atoms with Crippen molar-refractivity contribution in [2.45, 2.75) is 19.4 Å². The SMILES string of the molecule is COc1cccc(/C=C(/C#N)C(=O)NCCc2c[nH]c3ccccc23)c1O[C@H](C)C(=O)O. The molecule has 1 atom stereocenters. The van der Waals surface area contributed by atoms with E-state index >= 15 is 0 Å². The highest BCUT2D eigenvalue weighted by molar-refractivity contribution is 6.02. The summed E-state index contributed by atoms with van der Waals surface area (Å²) in [6.07, 6.45) is 2.71. The van der Waals surface area contributed by atoms with Gasteiger partial charge in [0.2, 0.25) is 0 Å². The fourth-order valence-corrected chi connectivity index (χ4v) is 3.21. The van der Waals surface area contributed by atoms with Gasteiger partial charge >= 0.3 is 5.97 Å². The summed E-state index contributed by atoms with van der Waals surface area (Å²) in [4.78, 5) is 27.0. The Kier molecular flexibility index (Phi) is 7.13. The van der Waals surface area contributed by atoms with Gasteiger partial charge in [-0.15, -0.1) is 0 Å². The van der Waals surface area contributed by atoms with Gasteiger partial charge in [-0.1, -0.05) is 30.3 Å². The monoisotopic (exact) mass is 433 g/mol. The Morgan fingerprint density at radius 2 is 2.03 bits per heavy atom. The minimum absolute atomic E-state index is 0.134. The number of carbonyl (C=O) groups excluding carboxylic acids is 1. The summed E-state index contributed by atoms with van der Waals surface area (Å²) in [5, 5.41) is 22.5. The number of rotatable bonds is 9. The molecule has 1 aromatic heterocycles. The number of nitrogens with zero attached hydrogens (tertiary/aromatic N) is 1. The molecule has 0 aliphatic carbocycles. The number of para-hydroxylation sites is 2. The van der Waals surface area contributed by atoms with Gasteiger partial charge in [0, 0.05) is 29.2 Å². The van der Waals surface area contributed by atoms with Crippen LogP contribution in [0.1, 0.15) is 18.1 Å². The maximum Gasteiger partial charge on any atom is 0.344 e. The highest BCUT2D eigenvalue weighted by Crippen LogP contribution is 2.33. The Morgan fingerprint density at radius 3 is 2.75 bits per heavy atom. The first-order valence-corrected chi connectivity index (χ1v) is 9.96. The molecule has 32 heavy (non-hydrogen) atoms. The standard InChI is InChI=1S/C24H23N3O5/c1-15(24(29)30)32-22-16(6-5-9-21(22)31-2)12-18(13-25)23(28)26-11-10-17-14-27-20-8-4-3-7-19(17)20/h3-9,12,14-15,27H,10-11H2,1-2H3,(H,26,28)(H,29,30)/b18-12-/t15-/m1/s1. The molecule has 3 N–H and O–H groups in total. The van der Waals surface area contributed by atoms with Crippen molar-refractivity contribution in [2.75, 3.05) is 13.7 Å². The van der Waals surface area contributed by atoms with Crippen LogP contribution >= 0.6 is 0 Å². The number of carboxylic acid groups (broad SMARTS) is 1. The van der Waals surface area contributed by atoms with Gasteiger partial charge in [-0.2, -0.15) is 5.26 Å². The third-order valence-corrected chi connectivity index (χ3v) is 4.89. The number of amides is 1. The van der Waals surface area contributed by atoms with Crippen molar-refractivity contribution in [1.29, 1.82) is 5.26 Å². The van der Waals surface area contributed by atoms with Crippen LogP contribution in [0.15, 0.2) is 54.2 Å². The summed E-state index contributed by atoms with van der Waals surface area (Å²) in [5.74, 6) is -1.25. The van der Waals surface area contributed by atoms with Crippen molar-refractivity contribution in [3.8, 4) is 17.6 Å². The third-order valence-electron chi connectivity index (χ3n) is 4.89. The van der Waals surface area contributed by atoms with Gasteiger partial charge in [-0.25, -0.2) is 4.79 Å². The van der Waals surface area contributed by atoms with Gasteiger partial charge in [-0.05, 0) is 37.1 Å². The fourth-order valence-electron chi connectivity index (χ4n) is 3.21. The number of benzene rings is 2. The van der Waals surface area contributed by atoms with E-state index < -0.39 is 18.0 Å². The second-order valence-electron chi connectivity index (χ2n) is 7.01. The van der Waals surface area contributed by atoms with E-state index in [0.717, 1.165) is 16.5 Å². The normalized spacial score (nSPS) is 12.1. The van der Waals surface area contributed by atoms with Crippen LogP contribution in [0.4, 0.5) is 0 Å². The first kappa shape index (κ1) is 22.4. The molecule has 0 spiro atoms. The second-order valence-corrected chi connectivity index (χ2v) is 7.01. The molecule has 3 aromatic rings. The van der Waals surface area contributed by atoms with E-state index in [4.69, 9.17) is 14.6 Å². The van der Waals surface area contributed by atoms with Crippen LogP contribution in [-0.4, -0.2) is 41.7 Å². The van der Waals surface area contributed by atoms with Gasteiger partial charge in [0.25, 0.3) is 5.91 Å². The first-order chi connectivity index (χ1) is 15.4. The number of aromatic amines is 1. The molecule has 0 unspecified atom stereocenters. The van der Waals surface area contributed by atoms with E-state index in [-0.39, 0.29) is 11.3 Å². The van der Waals surface area contributed by atoms with Crippen molar-refractivity contribution >= 4 is 28.9 Å². The zero-order valence-electron chi connectivity index (χ0n) is 17.7. The maximum absolute atomic E-state index is 12.6. The molecule has 3 rings (SSSR count). The number of ether oxygens (including phenoxy) is 2. The molecule has 0 aliphatic rings. The molecule has 0 fully saturated rings. The lowest BCUT2D eigenvalue weighted by Gasteiger charge is -2.16. The van der Waals surface area contributed by atoms with Crippen LogP contribution in [0, 0.1) is 11.3 Å². The van der Waals surface area contributed by atoms with Crippen molar-refractivity contribution < 1.29 is 24.2 Å². The van der Waals surface area contributed by atoms with Crippen LogP contribution in [0.3, 0.4) is 0 Å². The Balaban J connectivity index is 1.75. The smallest absolute Gasteiger partial charge is 0.344 e. The Hall–Kier alpha value is -4.25. The summed E-state index contributed by atoms with van der Waals surface area (Å²) in [5.41, 5.74) is 2.31. The van der Waals surface area contributed by atoms with Crippen LogP contribution in [-0.2, 0) is 16.0 Å². The predicted octanol–water partition coefficient (Wildman–Crippen LogP) is 3.29. The van der Waals surface area contributed by atoms with E-state index in [1.807, 2.05) is 36.5 Å². The minimum atomic E-state index is -1.15. The Bertz CT molecular complexity index is 1210. The number of methoxy groups -OCH3 is 1. The number of hydrogen-bond donors (Lipinski definition) is 3. The predicted molar refractivity (Wildman–Crippen MR) is 119 cm³/mol. The number of nitriles is 1. The largest absolute Gasteiger partial charge is 0.493 e. The molecule has 8 heteroatoms. The zero-order valence-corrected chi connectivity index (χ0v) is 17.7. The highest BCUT2D eigenvalue weighted by Gasteiger charge is 2.19. The second kappa shape index (κ2) is 10.2. The van der Waals surface area contributed by atoms with Crippen LogP contribution in [0.2, 0.25) is 0 Å². The molecule has 0 saturated heterocycles. The molecule has 0 aliphatic heterocycles. The van der Waals surface area contributed by atoms with Gasteiger partial charge < -0.3 is 24.9 Å². The average Bonchev–Trinajstić information content (AvgIpc) is 3.21. The average molecular weight is 433 g/mol. The molecule has 8 nitrogen and oxygen atoms in total. The quantitative estimate of drug-likeness (QED) is 0.351. The highest BCUT2D eigenvalue weighted by atomic mass is 16.5. The molecule has 1 amide bonds. The summed E-state index contributed by atoms with van der Waals surface area (Å²) in [6, 6.07) is 14.7. The Morgan fingerprint density at radius 1 is 1.25 bits per heavy atom. The number of H-pyrrole nitrogens is 1. The first-order valence-electron chi connectivity index (χ1n) is 9.96. The Labute approximate surface area is 185 Å². The van der Waals surface area contributed by atoms with Gasteiger partial charge in [0.15, 0.2) is 17.6 Å². The number of fused-ring (bicyclic) bond motifs is 1. The number of carbonyl (C=O) groups is 2. The number of aliphatic carboxylic acids is 1. The van der Waals surface area contributed by atoms with Crippen molar-refractivity contribution in [1.82, 2.24) is 10.3 Å². The molecule has 0 saturated carbocycles. The number of nitrogens with one attached hydrogen (secondary N) is 2. The van der Waals surface area contributed by atoms with Crippen LogP contribution in [0.5, 0.6) is 11.5 Å². The maximum atomic E-state index is 12.6. The van der Waals surface area contributed by atoms with E-state index in [1.54, 1.807) is 18.2 Å². The summed E-state index contributed by atoms with van der Waals surface area (Å²) in [6.45, 7) is 1.72. The van der Waals surface area contributed by atoms with Gasteiger partial charge in [-0.3, -0.25) is 4.79 Å². The number of aromatic nitrogens is 1.